The Morgan fingerprint density at radius 3 is 2.73 bits per heavy atom. The lowest BCUT2D eigenvalue weighted by Crippen LogP contribution is -2.34. The van der Waals surface area contributed by atoms with Crippen LogP contribution >= 0.6 is 0 Å². The van der Waals surface area contributed by atoms with Crippen molar-refractivity contribution in [3.63, 3.8) is 0 Å². The number of nitrogens with one attached hydrogen (secondary N) is 1. The number of rotatable bonds is 2. The molecule has 1 rings (SSSR count). The van der Waals surface area contributed by atoms with E-state index in [0.29, 0.717) is 6.42 Å². The molecular weight excluding hydrogens is 146 g/mol. The molecule has 0 saturated carbocycles. The molecule has 1 unspecified atom stereocenters. The molecule has 0 radical (unpaired) electrons. The highest BCUT2D eigenvalue weighted by atomic mass is 16.7. The Kier molecular flexibility index (Phi) is 4.07. The van der Waals surface area contributed by atoms with Gasteiger partial charge in [-0.3, -0.25) is 4.79 Å². The summed E-state index contributed by atoms with van der Waals surface area (Å²) in [5, 5.41) is 2.92. The van der Waals surface area contributed by atoms with Crippen molar-refractivity contribution >= 4 is 5.97 Å². The monoisotopic (exact) mass is 161 g/mol. The van der Waals surface area contributed by atoms with Crippen LogP contribution in [0.15, 0.2) is 0 Å². The van der Waals surface area contributed by atoms with Gasteiger partial charge in [0.1, 0.15) is 0 Å². The van der Waals surface area contributed by atoms with Crippen molar-refractivity contribution in [2.24, 2.45) is 0 Å². The third-order valence-electron chi connectivity index (χ3n) is 1.57. The van der Waals surface area contributed by atoms with Crippen molar-refractivity contribution in [3.8, 4) is 0 Å². The summed E-state index contributed by atoms with van der Waals surface area (Å²) in [5.41, 5.74) is 0. The molecule has 0 aromatic heterocycles. The standard InChI is InChI=1S/C6H11NO3.CH4/c1-7-4-3-5(8)10-6(4)9-2;/h4,6-7H,3H2,1-2H3;1H4/t4-,6?;/m0./s1. The number of likely N-dealkylation sites (N-methyl/N-ethyl adjacent to an activating group) is 1. The van der Waals surface area contributed by atoms with Crippen LogP contribution in [0, 0.1) is 0 Å². The second-order valence-corrected chi connectivity index (χ2v) is 2.19. The van der Waals surface area contributed by atoms with Gasteiger partial charge in [-0.2, -0.15) is 0 Å². The average molecular weight is 161 g/mol. The van der Waals surface area contributed by atoms with Crippen LogP contribution < -0.4 is 5.32 Å². The van der Waals surface area contributed by atoms with Crippen molar-refractivity contribution in [1.82, 2.24) is 5.32 Å². The quantitative estimate of drug-likeness (QED) is 0.585. The molecule has 0 aliphatic carbocycles. The zero-order chi connectivity index (χ0) is 7.56. The van der Waals surface area contributed by atoms with Crippen LogP contribution in [0.1, 0.15) is 13.8 Å². The van der Waals surface area contributed by atoms with Crippen molar-refractivity contribution in [2.75, 3.05) is 14.2 Å². The van der Waals surface area contributed by atoms with Crippen LogP contribution in [0.3, 0.4) is 0 Å². The van der Waals surface area contributed by atoms with E-state index in [2.05, 4.69) is 5.32 Å². The number of carbonyl (C=O) groups is 1. The molecule has 0 aromatic carbocycles. The van der Waals surface area contributed by atoms with Gasteiger partial charge < -0.3 is 14.8 Å². The summed E-state index contributed by atoms with van der Waals surface area (Å²) in [5.74, 6) is -0.203. The van der Waals surface area contributed by atoms with E-state index in [4.69, 9.17) is 9.47 Å². The van der Waals surface area contributed by atoms with Crippen LogP contribution in [0.5, 0.6) is 0 Å². The van der Waals surface area contributed by atoms with Crippen LogP contribution in [-0.2, 0) is 14.3 Å². The van der Waals surface area contributed by atoms with Crippen molar-refractivity contribution < 1.29 is 14.3 Å². The minimum atomic E-state index is -0.405. The highest BCUT2D eigenvalue weighted by Crippen LogP contribution is 2.14. The van der Waals surface area contributed by atoms with Gasteiger partial charge in [0.25, 0.3) is 0 Å². The van der Waals surface area contributed by atoms with Crippen molar-refractivity contribution in [1.29, 1.82) is 0 Å². The first kappa shape index (κ1) is 10.4. The summed E-state index contributed by atoms with van der Waals surface area (Å²) in [7, 11) is 3.30. The van der Waals surface area contributed by atoms with Gasteiger partial charge in [0.05, 0.1) is 12.5 Å². The summed E-state index contributed by atoms with van der Waals surface area (Å²) in [6, 6.07) is 0.0116. The molecule has 1 fully saturated rings. The van der Waals surface area contributed by atoms with E-state index in [1.54, 1.807) is 7.05 Å². The maximum absolute atomic E-state index is 10.6. The molecule has 0 aromatic rings. The smallest absolute Gasteiger partial charge is 0.309 e. The number of hydrogen-bond donors (Lipinski definition) is 1. The summed E-state index contributed by atoms with van der Waals surface area (Å²) in [6.45, 7) is 0. The Hall–Kier alpha value is -0.610. The maximum Gasteiger partial charge on any atom is 0.309 e. The predicted octanol–water partition coefficient (Wildman–Crippen LogP) is 0.130. The molecule has 2 atom stereocenters. The molecule has 0 bridgehead atoms. The van der Waals surface area contributed by atoms with E-state index in [9.17, 15) is 4.79 Å². The van der Waals surface area contributed by atoms with Gasteiger partial charge in [-0.1, -0.05) is 7.43 Å². The minimum absolute atomic E-state index is 0. The zero-order valence-electron chi connectivity index (χ0n) is 6.09. The molecule has 1 saturated heterocycles. The molecule has 4 heteroatoms. The fraction of sp³-hybridized carbons (Fsp3) is 0.857. The first-order valence-corrected chi connectivity index (χ1v) is 3.17. The molecule has 1 heterocycles. The Balaban J connectivity index is 0.000001000. The third-order valence-corrected chi connectivity index (χ3v) is 1.57. The number of esters is 1. The fourth-order valence-corrected chi connectivity index (χ4v) is 0.986. The highest BCUT2D eigenvalue weighted by Gasteiger charge is 2.33. The molecule has 66 valence electrons. The summed E-state index contributed by atoms with van der Waals surface area (Å²) in [4.78, 5) is 10.6. The second kappa shape index (κ2) is 4.31. The first-order valence-electron chi connectivity index (χ1n) is 3.17. The van der Waals surface area contributed by atoms with E-state index in [1.807, 2.05) is 0 Å². The Morgan fingerprint density at radius 2 is 2.36 bits per heavy atom. The minimum Gasteiger partial charge on any atom is -0.434 e. The number of carbonyl (C=O) groups excluding carboxylic acids is 1. The van der Waals surface area contributed by atoms with Gasteiger partial charge in [0.15, 0.2) is 0 Å². The number of ether oxygens (including phenoxy) is 2. The van der Waals surface area contributed by atoms with Crippen molar-refractivity contribution in [3.05, 3.63) is 0 Å². The molecular formula is C7H15NO3. The maximum atomic E-state index is 10.6. The molecule has 0 amide bonds. The van der Waals surface area contributed by atoms with Crippen LogP contribution in [0.4, 0.5) is 0 Å². The van der Waals surface area contributed by atoms with Crippen LogP contribution in [0.2, 0.25) is 0 Å². The normalized spacial score (nSPS) is 29.5. The lowest BCUT2D eigenvalue weighted by Gasteiger charge is -2.13. The van der Waals surface area contributed by atoms with Crippen LogP contribution in [-0.4, -0.2) is 32.5 Å². The summed E-state index contributed by atoms with van der Waals surface area (Å²) >= 11 is 0. The largest absolute Gasteiger partial charge is 0.434 e. The highest BCUT2D eigenvalue weighted by molar-refractivity contribution is 5.72. The molecule has 0 spiro atoms. The predicted molar refractivity (Wildman–Crippen MR) is 41.1 cm³/mol. The molecule has 4 nitrogen and oxygen atoms in total. The Labute approximate surface area is 66.9 Å². The van der Waals surface area contributed by atoms with Gasteiger partial charge in [0.2, 0.25) is 6.29 Å². The summed E-state index contributed by atoms with van der Waals surface area (Å²) < 4.78 is 9.67. The molecule has 1 aliphatic rings. The molecule has 1 N–H and O–H groups in total. The van der Waals surface area contributed by atoms with E-state index in [-0.39, 0.29) is 19.4 Å². The third kappa shape index (κ3) is 2.17. The lowest BCUT2D eigenvalue weighted by atomic mass is 10.2. The topological polar surface area (TPSA) is 47.6 Å². The van der Waals surface area contributed by atoms with E-state index in [0.717, 1.165) is 0 Å². The average Bonchev–Trinajstić information content (AvgIpc) is 2.30. The van der Waals surface area contributed by atoms with Gasteiger partial charge in [-0.15, -0.1) is 0 Å². The number of hydrogen-bond acceptors (Lipinski definition) is 4. The van der Waals surface area contributed by atoms with Crippen LogP contribution in [0.25, 0.3) is 0 Å². The van der Waals surface area contributed by atoms with E-state index >= 15 is 0 Å². The van der Waals surface area contributed by atoms with Gasteiger partial charge in [-0.05, 0) is 7.05 Å². The lowest BCUT2D eigenvalue weighted by molar-refractivity contribution is -0.159. The second-order valence-electron chi connectivity index (χ2n) is 2.19. The summed E-state index contributed by atoms with van der Waals surface area (Å²) in [6.07, 6.45) is -0.00727. The van der Waals surface area contributed by atoms with E-state index in [1.165, 1.54) is 7.11 Å². The fourth-order valence-electron chi connectivity index (χ4n) is 0.986. The Morgan fingerprint density at radius 1 is 1.73 bits per heavy atom. The SMILES string of the molecule is C.CN[C@H]1CC(=O)OC1OC. The van der Waals surface area contributed by atoms with Crippen molar-refractivity contribution in [2.45, 2.75) is 26.2 Å². The van der Waals surface area contributed by atoms with Gasteiger partial charge in [-0.25, -0.2) is 0 Å². The first-order chi connectivity index (χ1) is 4.77. The molecule has 11 heavy (non-hydrogen) atoms. The Bertz CT molecular complexity index is 124. The van der Waals surface area contributed by atoms with Gasteiger partial charge in [0, 0.05) is 7.11 Å². The molecule has 1 aliphatic heterocycles. The zero-order valence-corrected chi connectivity index (χ0v) is 6.09. The number of cyclic esters (lactones) is 1. The van der Waals surface area contributed by atoms with E-state index < -0.39 is 6.29 Å². The number of methoxy groups -OCH3 is 1. The van der Waals surface area contributed by atoms with Gasteiger partial charge >= 0.3 is 5.97 Å².